The van der Waals surface area contributed by atoms with Crippen molar-refractivity contribution >= 4 is 8.07 Å². The standard InChI is InChI=1S/C29H44Si/c1-7-8-11-18-30(6,23-12-9-10-13-23)28-26-19-21(2)14-16-24(26)25-17-15-22(20-27(25)28)29(3,4)5/h7,14-17,19-20,23-28H,1,8-13,18H2,2-6H3. The molecule has 0 aromatic heterocycles. The van der Waals surface area contributed by atoms with Crippen LogP contribution in [0.4, 0.5) is 0 Å². The maximum Gasteiger partial charge on any atom is 0.0579 e. The third kappa shape index (κ3) is 3.92. The van der Waals surface area contributed by atoms with Gasteiger partial charge in [-0.1, -0.05) is 114 Å². The fourth-order valence-corrected chi connectivity index (χ4v) is 13.9. The molecule has 2 saturated carbocycles. The van der Waals surface area contributed by atoms with Crippen molar-refractivity contribution < 1.29 is 0 Å². The summed E-state index contributed by atoms with van der Waals surface area (Å²) in [6.45, 7) is 16.4. The summed E-state index contributed by atoms with van der Waals surface area (Å²) in [7, 11) is -1.46. The molecule has 2 fully saturated rings. The highest BCUT2D eigenvalue weighted by molar-refractivity contribution is 6.81. The van der Waals surface area contributed by atoms with Gasteiger partial charge in [-0.15, -0.1) is 6.58 Å². The van der Waals surface area contributed by atoms with Crippen molar-refractivity contribution in [3.8, 4) is 0 Å². The zero-order chi connectivity index (χ0) is 21.5. The van der Waals surface area contributed by atoms with Crippen LogP contribution in [-0.4, -0.2) is 8.07 Å². The van der Waals surface area contributed by atoms with Crippen LogP contribution in [0.1, 0.15) is 66.2 Å². The molecule has 0 aromatic rings. The molecule has 0 heterocycles. The zero-order valence-corrected chi connectivity index (χ0v) is 21.2. The predicted octanol–water partition coefficient (Wildman–Crippen LogP) is 8.88. The molecule has 0 radical (unpaired) electrons. The number of rotatable bonds is 6. The van der Waals surface area contributed by atoms with E-state index in [4.69, 9.17) is 0 Å². The van der Waals surface area contributed by atoms with E-state index in [2.05, 4.69) is 83.4 Å². The van der Waals surface area contributed by atoms with Crippen molar-refractivity contribution in [3.05, 3.63) is 60.3 Å². The van der Waals surface area contributed by atoms with Gasteiger partial charge in [-0.25, -0.2) is 0 Å². The highest BCUT2D eigenvalue weighted by Gasteiger charge is 2.57. The molecule has 6 unspecified atom stereocenters. The summed E-state index contributed by atoms with van der Waals surface area (Å²) in [5.74, 6) is 2.92. The molecular formula is C29H44Si. The summed E-state index contributed by atoms with van der Waals surface area (Å²) in [6.07, 6.45) is 26.2. The first-order chi connectivity index (χ1) is 14.3. The largest absolute Gasteiger partial charge is 0.103 e. The summed E-state index contributed by atoms with van der Waals surface area (Å²) >= 11 is 0. The van der Waals surface area contributed by atoms with E-state index in [1.54, 1.807) is 5.57 Å². The zero-order valence-electron chi connectivity index (χ0n) is 20.2. The van der Waals surface area contributed by atoms with Gasteiger partial charge in [-0.2, -0.15) is 0 Å². The molecule has 0 aliphatic heterocycles. The Labute approximate surface area is 187 Å². The van der Waals surface area contributed by atoms with Gasteiger partial charge in [-0.05, 0) is 59.1 Å². The summed E-state index contributed by atoms with van der Waals surface area (Å²) < 4.78 is 0. The number of hydrogen-bond donors (Lipinski definition) is 0. The Balaban J connectivity index is 1.78. The third-order valence-corrected chi connectivity index (χ3v) is 15.3. The van der Waals surface area contributed by atoms with E-state index < -0.39 is 8.07 Å². The van der Waals surface area contributed by atoms with Crippen LogP contribution in [0.3, 0.4) is 0 Å². The lowest BCUT2D eigenvalue weighted by molar-refractivity contribution is 0.441. The Morgan fingerprint density at radius 3 is 2.27 bits per heavy atom. The van der Waals surface area contributed by atoms with E-state index in [0.717, 1.165) is 22.9 Å². The fourth-order valence-electron chi connectivity index (χ4n) is 7.53. The lowest BCUT2D eigenvalue weighted by Crippen LogP contribution is -2.45. The molecular weight excluding hydrogens is 376 g/mol. The van der Waals surface area contributed by atoms with E-state index in [-0.39, 0.29) is 5.41 Å². The molecule has 0 aromatic carbocycles. The van der Waals surface area contributed by atoms with Crippen molar-refractivity contribution in [3.63, 3.8) is 0 Å². The molecule has 0 N–H and O–H groups in total. The minimum Gasteiger partial charge on any atom is -0.103 e. The Kier molecular flexibility index (Phi) is 6.23. The Hall–Kier alpha value is -1.08. The fraction of sp³-hybridized carbons (Fsp3) is 0.655. The Morgan fingerprint density at radius 2 is 1.63 bits per heavy atom. The van der Waals surface area contributed by atoms with Gasteiger partial charge in [0.15, 0.2) is 0 Å². The molecule has 164 valence electrons. The molecule has 1 heteroatoms. The molecule has 4 aliphatic carbocycles. The van der Waals surface area contributed by atoms with Crippen molar-refractivity contribution in [2.45, 2.75) is 89.9 Å². The third-order valence-electron chi connectivity index (χ3n) is 9.11. The quantitative estimate of drug-likeness (QED) is 0.228. The highest BCUT2D eigenvalue weighted by atomic mass is 28.3. The Morgan fingerprint density at radius 1 is 1.00 bits per heavy atom. The monoisotopic (exact) mass is 420 g/mol. The minimum absolute atomic E-state index is 0.246. The summed E-state index contributed by atoms with van der Waals surface area (Å²) in [5, 5.41) is 0. The van der Waals surface area contributed by atoms with E-state index in [1.807, 2.05) is 0 Å². The molecule has 6 atom stereocenters. The number of allylic oxidation sites excluding steroid dienone is 9. The SMILES string of the molecule is C=CCCC[Si](C)(C1CCCC1)C1C2C=C(C)C=CC2C2C=CC(C(C)(C)C)=CC21. The molecule has 4 rings (SSSR count). The topological polar surface area (TPSA) is 0 Å². The first-order valence-corrected chi connectivity index (χ1v) is 15.5. The molecule has 4 aliphatic rings. The van der Waals surface area contributed by atoms with Gasteiger partial charge in [0, 0.05) is 0 Å². The average molecular weight is 421 g/mol. The van der Waals surface area contributed by atoms with Gasteiger partial charge >= 0.3 is 0 Å². The molecule has 0 nitrogen and oxygen atoms in total. The van der Waals surface area contributed by atoms with Gasteiger partial charge in [0.25, 0.3) is 0 Å². The lowest BCUT2D eigenvalue weighted by atomic mass is 9.76. The molecule has 30 heavy (non-hydrogen) atoms. The van der Waals surface area contributed by atoms with Crippen LogP contribution in [0.2, 0.25) is 23.7 Å². The van der Waals surface area contributed by atoms with Crippen molar-refractivity contribution in [1.82, 2.24) is 0 Å². The van der Waals surface area contributed by atoms with Crippen molar-refractivity contribution in [2.75, 3.05) is 0 Å². The van der Waals surface area contributed by atoms with Gasteiger partial charge in [0.1, 0.15) is 0 Å². The molecule has 0 saturated heterocycles. The van der Waals surface area contributed by atoms with Crippen LogP contribution < -0.4 is 0 Å². The van der Waals surface area contributed by atoms with Crippen LogP contribution in [0, 0.1) is 29.1 Å². The second-order valence-corrected chi connectivity index (χ2v) is 17.0. The predicted molar refractivity (Wildman–Crippen MR) is 135 cm³/mol. The maximum absolute atomic E-state index is 4.03. The lowest BCUT2D eigenvalue weighted by Gasteiger charge is -2.45. The van der Waals surface area contributed by atoms with E-state index in [1.165, 1.54) is 50.1 Å². The first-order valence-electron chi connectivity index (χ1n) is 12.6. The normalized spacial score (nSPS) is 35.4. The maximum atomic E-state index is 4.03. The number of fused-ring (bicyclic) bond motifs is 3. The van der Waals surface area contributed by atoms with Crippen molar-refractivity contribution in [2.24, 2.45) is 29.1 Å². The van der Waals surface area contributed by atoms with Crippen LogP contribution in [0.25, 0.3) is 0 Å². The Bertz CT molecular complexity index is 767. The van der Waals surface area contributed by atoms with Gasteiger partial charge in [0.2, 0.25) is 0 Å². The highest BCUT2D eigenvalue weighted by Crippen LogP contribution is 2.63. The molecule has 0 bridgehead atoms. The van der Waals surface area contributed by atoms with E-state index in [9.17, 15) is 0 Å². The van der Waals surface area contributed by atoms with E-state index in [0.29, 0.717) is 11.8 Å². The average Bonchev–Trinajstić information content (AvgIpc) is 3.33. The van der Waals surface area contributed by atoms with Gasteiger partial charge < -0.3 is 0 Å². The smallest absolute Gasteiger partial charge is 0.0579 e. The first kappa shape index (κ1) is 22.1. The second-order valence-electron chi connectivity index (χ2n) is 12.0. The number of unbranched alkanes of at least 4 members (excludes halogenated alkanes) is 1. The summed E-state index contributed by atoms with van der Waals surface area (Å²) in [4.78, 5) is 0. The van der Waals surface area contributed by atoms with Crippen LogP contribution in [0.15, 0.2) is 60.3 Å². The van der Waals surface area contributed by atoms with Crippen LogP contribution in [-0.2, 0) is 0 Å². The second kappa shape index (κ2) is 8.45. The summed E-state index contributed by atoms with van der Waals surface area (Å²) in [5.41, 5.74) is 5.24. The van der Waals surface area contributed by atoms with E-state index >= 15 is 0 Å². The van der Waals surface area contributed by atoms with Crippen LogP contribution >= 0.6 is 0 Å². The number of hydrogen-bond acceptors (Lipinski definition) is 0. The van der Waals surface area contributed by atoms with Crippen LogP contribution in [0.5, 0.6) is 0 Å². The summed E-state index contributed by atoms with van der Waals surface area (Å²) in [6, 6.07) is 1.50. The molecule has 0 amide bonds. The van der Waals surface area contributed by atoms with Gasteiger partial charge in [-0.3, -0.25) is 0 Å². The molecule has 0 spiro atoms. The van der Waals surface area contributed by atoms with Gasteiger partial charge in [0.05, 0.1) is 8.07 Å². The van der Waals surface area contributed by atoms with Crippen molar-refractivity contribution in [1.29, 1.82) is 0 Å². The minimum atomic E-state index is -1.46.